The fourth-order valence-electron chi connectivity index (χ4n) is 2.87. The van der Waals surface area contributed by atoms with Crippen molar-refractivity contribution in [1.82, 2.24) is 20.2 Å². The van der Waals surface area contributed by atoms with Crippen LogP contribution in [0.25, 0.3) is 5.70 Å². The Morgan fingerprint density at radius 3 is 3.10 bits per heavy atom. The van der Waals surface area contributed by atoms with E-state index in [0.29, 0.717) is 0 Å². The minimum absolute atomic E-state index is 0.00178. The Morgan fingerprint density at radius 1 is 1.45 bits per heavy atom. The van der Waals surface area contributed by atoms with E-state index in [0.717, 1.165) is 34.9 Å². The number of rotatable bonds is 1. The highest BCUT2D eigenvalue weighted by Crippen LogP contribution is 2.38. The zero-order valence-corrected chi connectivity index (χ0v) is 12.0. The van der Waals surface area contributed by atoms with Crippen LogP contribution in [0.1, 0.15) is 12.6 Å². The van der Waals surface area contributed by atoms with Crippen molar-refractivity contribution in [2.45, 2.75) is 25.5 Å². The molecule has 2 N–H and O–H groups in total. The van der Waals surface area contributed by atoms with Crippen molar-refractivity contribution in [2.24, 2.45) is 4.99 Å². The molecule has 1 aromatic heterocycles. The fraction of sp³-hybridized carbons (Fsp3) is 0.385. The smallest absolute Gasteiger partial charge is 0.148 e. The second-order valence-corrected chi connectivity index (χ2v) is 5.50. The summed E-state index contributed by atoms with van der Waals surface area (Å²) < 4.78 is 1.92. The van der Waals surface area contributed by atoms with E-state index in [4.69, 9.17) is 11.6 Å². The Labute approximate surface area is 121 Å². The first kappa shape index (κ1) is 12.0. The Hall–Kier alpha value is -1.79. The Balaban J connectivity index is 1.89. The number of aryl methyl sites for hydroxylation is 1. The summed E-state index contributed by atoms with van der Waals surface area (Å²) >= 11 is 6.43. The zero-order chi connectivity index (χ0) is 13.9. The molecule has 0 radical (unpaired) electrons. The van der Waals surface area contributed by atoms with Crippen molar-refractivity contribution >= 4 is 29.3 Å². The van der Waals surface area contributed by atoms with Gasteiger partial charge in [0, 0.05) is 36.2 Å². The highest BCUT2D eigenvalue weighted by Gasteiger charge is 2.37. The summed E-state index contributed by atoms with van der Waals surface area (Å²) in [6.45, 7) is 4.95. The van der Waals surface area contributed by atoms with Gasteiger partial charge in [-0.2, -0.15) is 10.1 Å². The third-order valence-corrected chi connectivity index (χ3v) is 4.14. The van der Waals surface area contributed by atoms with Gasteiger partial charge in [-0.1, -0.05) is 18.5 Å². The number of alkyl halides is 1. The molecule has 0 bridgehead atoms. The molecular weight excluding hydrogens is 276 g/mol. The van der Waals surface area contributed by atoms with Crippen molar-refractivity contribution in [3.05, 3.63) is 29.1 Å². The van der Waals surface area contributed by atoms with Gasteiger partial charge in [-0.05, 0) is 6.92 Å². The van der Waals surface area contributed by atoms with Gasteiger partial charge in [0.2, 0.25) is 0 Å². The van der Waals surface area contributed by atoms with E-state index in [1.165, 1.54) is 0 Å². The van der Waals surface area contributed by atoms with E-state index < -0.39 is 0 Å². The average molecular weight is 291 g/mol. The van der Waals surface area contributed by atoms with Gasteiger partial charge in [0.25, 0.3) is 0 Å². The van der Waals surface area contributed by atoms with Gasteiger partial charge in [0.15, 0.2) is 0 Å². The maximum absolute atomic E-state index is 6.43. The lowest BCUT2D eigenvalue weighted by Crippen LogP contribution is -2.40. The summed E-state index contributed by atoms with van der Waals surface area (Å²) in [5.74, 6) is 0.922. The number of dihydropyridines is 1. The molecule has 0 aliphatic carbocycles. The van der Waals surface area contributed by atoms with Gasteiger partial charge >= 0.3 is 0 Å². The molecule has 1 aromatic rings. The van der Waals surface area contributed by atoms with Gasteiger partial charge in [-0.15, -0.1) is 0 Å². The molecule has 3 aliphatic heterocycles. The van der Waals surface area contributed by atoms with Crippen LogP contribution in [0.5, 0.6) is 0 Å². The van der Waals surface area contributed by atoms with E-state index in [1.54, 1.807) is 0 Å². The normalized spacial score (nSPS) is 27.4. The minimum Gasteiger partial charge on any atom is -0.350 e. The van der Waals surface area contributed by atoms with Crippen LogP contribution in [0, 0.1) is 6.92 Å². The summed E-state index contributed by atoms with van der Waals surface area (Å²) in [5.41, 5.74) is 7.04. The first-order chi connectivity index (χ1) is 9.69. The summed E-state index contributed by atoms with van der Waals surface area (Å²) in [5, 5.41) is 9.89. The number of likely N-dealkylation sites (N-methyl/N-ethyl adjacent to an activating group) is 1. The number of halogens is 1. The predicted molar refractivity (Wildman–Crippen MR) is 79.3 cm³/mol. The molecule has 0 fully saturated rings. The molecule has 20 heavy (non-hydrogen) atoms. The van der Waals surface area contributed by atoms with Crippen LogP contribution >= 0.6 is 11.6 Å². The Morgan fingerprint density at radius 2 is 2.30 bits per heavy atom. The van der Waals surface area contributed by atoms with Gasteiger partial charge in [-0.25, -0.2) is 4.68 Å². The van der Waals surface area contributed by atoms with E-state index in [-0.39, 0.29) is 11.7 Å². The monoisotopic (exact) mass is 290 g/mol. The number of nitrogens with zero attached hydrogens (tertiary/aromatic N) is 4. The predicted octanol–water partition coefficient (Wildman–Crippen LogP) is 1.53. The largest absolute Gasteiger partial charge is 0.350 e. The summed E-state index contributed by atoms with van der Waals surface area (Å²) in [6.07, 6.45) is 3.85. The van der Waals surface area contributed by atoms with Crippen LogP contribution in [-0.4, -0.2) is 39.2 Å². The van der Waals surface area contributed by atoms with E-state index in [1.807, 2.05) is 30.1 Å². The molecule has 0 amide bonds. The van der Waals surface area contributed by atoms with Gasteiger partial charge in [0.05, 0.1) is 11.4 Å². The lowest BCUT2D eigenvalue weighted by atomic mass is 10.0. The fourth-order valence-corrected chi connectivity index (χ4v) is 3.14. The van der Waals surface area contributed by atoms with E-state index in [2.05, 4.69) is 32.8 Å². The highest BCUT2D eigenvalue weighted by atomic mass is 35.5. The SMILES string of the molecule is CCN1NC=C2C3=C(C=NC21)C(Cl)Nc1cc(C)nn13. The van der Waals surface area contributed by atoms with Crippen LogP contribution in [-0.2, 0) is 0 Å². The van der Waals surface area contributed by atoms with Crippen LogP contribution in [0.2, 0.25) is 0 Å². The van der Waals surface area contributed by atoms with Gasteiger partial charge in [-0.3, -0.25) is 4.99 Å². The van der Waals surface area contributed by atoms with Crippen molar-refractivity contribution in [3.8, 4) is 0 Å². The number of aromatic nitrogens is 2. The van der Waals surface area contributed by atoms with Crippen molar-refractivity contribution < 1.29 is 0 Å². The molecule has 4 rings (SSSR count). The minimum atomic E-state index is -0.283. The molecule has 0 saturated carbocycles. The Kier molecular flexibility index (Phi) is 2.46. The number of fused-ring (bicyclic) bond motifs is 4. The number of hydrazine groups is 1. The molecule has 104 valence electrons. The second-order valence-electron chi connectivity index (χ2n) is 5.06. The first-order valence-corrected chi connectivity index (χ1v) is 7.11. The number of aliphatic imine (C=N–C) groups is 1. The molecular formula is C13H15ClN6. The lowest BCUT2D eigenvalue weighted by Gasteiger charge is -2.31. The van der Waals surface area contributed by atoms with E-state index in [9.17, 15) is 0 Å². The second kappa shape index (κ2) is 4.10. The van der Waals surface area contributed by atoms with Crippen molar-refractivity contribution in [1.29, 1.82) is 0 Å². The first-order valence-electron chi connectivity index (χ1n) is 6.67. The third-order valence-electron chi connectivity index (χ3n) is 3.79. The standard InChI is InChI=1S/C13H15ClN6/c1-3-19-13-9(6-16-19)11-8(5-15-13)12(14)17-10-4-7(2)18-20(10)11/h4-6,12-13,16-17H,3H2,1-2H3. The molecule has 6 nitrogen and oxygen atoms in total. The molecule has 0 aromatic carbocycles. The molecule has 0 spiro atoms. The molecule has 3 aliphatic rings. The molecule has 2 unspecified atom stereocenters. The maximum atomic E-state index is 6.43. The van der Waals surface area contributed by atoms with Crippen LogP contribution in [0.15, 0.2) is 28.4 Å². The van der Waals surface area contributed by atoms with Crippen molar-refractivity contribution in [3.63, 3.8) is 0 Å². The maximum Gasteiger partial charge on any atom is 0.148 e. The molecule has 7 heteroatoms. The average Bonchev–Trinajstić information content (AvgIpc) is 3.00. The summed E-state index contributed by atoms with van der Waals surface area (Å²) in [4.78, 5) is 4.60. The van der Waals surface area contributed by atoms with E-state index >= 15 is 0 Å². The molecule has 2 atom stereocenters. The number of hydrogen-bond donors (Lipinski definition) is 2. The Bertz CT molecular complexity index is 670. The van der Waals surface area contributed by atoms with Crippen LogP contribution < -0.4 is 10.7 Å². The quantitative estimate of drug-likeness (QED) is 0.608. The lowest BCUT2D eigenvalue weighted by molar-refractivity contribution is 0.214. The summed E-state index contributed by atoms with van der Waals surface area (Å²) in [7, 11) is 0. The number of nitrogens with one attached hydrogen (secondary N) is 2. The zero-order valence-electron chi connectivity index (χ0n) is 11.3. The summed E-state index contributed by atoms with van der Waals surface area (Å²) in [6, 6.07) is 2.00. The van der Waals surface area contributed by atoms with Gasteiger partial charge in [0.1, 0.15) is 17.5 Å². The molecule has 0 saturated heterocycles. The molecule has 4 heterocycles. The third kappa shape index (κ3) is 1.49. The van der Waals surface area contributed by atoms with Crippen LogP contribution in [0.3, 0.4) is 0 Å². The number of anilines is 1. The van der Waals surface area contributed by atoms with Crippen LogP contribution in [0.4, 0.5) is 5.82 Å². The van der Waals surface area contributed by atoms with Crippen molar-refractivity contribution in [2.75, 3.05) is 11.9 Å². The van der Waals surface area contributed by atoms with Gasteiger partial charge < -0.3 is 10.7 Å². The highest BCUT2D eigenvalue weighted by molar-refractivity contribution is 6.27. The number of hydrogen-bond acceptors (Lipinski definition) is 5. The topological polar surface area (TPSA) is 57.5 Å².